The van der Waals surface area contributed by atoms with Gasteiger partial charge in [0.25, 0.3) is 0 Å². The van der Waals surface area contributed by atoms with Crippen molar-refractivity contribution in [2.75, 3.05) is 12.8 Å². The number of anilines is 1. The van der Waals surface area contributed by atoms with E-state index in [0.717, 1.165) is 0 Å². The second-order valence-electron chi connectivity index (χ2n) is 4.49. The first kappa shape index (κ1) is 15.8. The van der Waals surface area contributed by atoms with Crippen LogP contribution in [0.2, 0.25) is 5.02 Å². The van der Waals surface area contributed by atoms with Crippen LogP contribution in [0.3, 0.4) is 0 Å². The van der Waals surface area contributed by atoms with Crippen molar-refractivity contribution in [3.63, 3.8) is 0 Å². The molecule has 1 aromatic heterocycles. The zero-order chi connectivity index (χ0) is 16.4. The summed E-state index contributed by atoms with van der Waals surface area (Å²) >= 11 is 6.02. The van der Waals surface area contributed by atoms with Crippen molar-refractivity contribution in [3.8, 4) is 23.6 Å². The molecule has 22 heavy (non-hydrogen) atoms. The number of carbonyl (C=O) groups is 1. The summed E-state index contributed by atoms with van der Waals surface area (Å²) in [6.07, 6.45) is 5.19. The Morgan fingerprint density at radius 1 is 1.50 bits per heavy atom. The van der Waals surface area contributed by atoms with Gasteiger partial charge in [-0.05, 0) is 24.6 Å². The molecule has 0 spiro atoms. The monoisotopic (exact) mass is 318 g/mol. The van der Waals surface area contributed by atoms with Crippen LogP contribution in [0.15, 0.2) is 18.2 Å². The van der Waals surface area contributed by atoms with E-state index in [2.05, 4.69) is 15.6 Å². The standard InChI is InChI=1S/C16H12ClFN2O2/c1-4-9-5-6-10(7-11(9)18)14-8(2)13(19)12(17)15(20-14)16(21)22-3/h1,5-7H,2-3H3,(H2,19,20). The third-order valence-corrected chi connectivity index (χ3v) is 3.59. The molecule has 0 aliphatic rings. The molecule has 2 N–H and O–H groups in total. The highest BCUT2D eigenvalue weighted by molar-refractivity contribution is 6.36. The number of nitrogen functional groups attached to an aromatic ring is 1. The number of aromatic nitrogens is 1. The number of nitrogens with zero attached hydrogens (tertiary/aromatic N) is 1. The number of hydrogen-bond acceptors (Lipinski definition) is 4. The lowest BCUT2D eigenvalue weighted by Gasteiger charge is -2.13. The Morgan fingerprint density at radius 3 is 2.73 bits per heavy atom. The first-order valence-electron chi connectivity index (χ1n) is 6.21. The molecule has 1 aromatic carbocycles. The van der Waals surface area contributed by atoms with Crippen LogP contribution in [0.4, 0.5) is 10.1 Å². The Hall–Kier alpha value is -2.58. The number of terminal acetylenes is 1. The lowest BCUT2D eigenvalue weighted by atomic mass is 10.0. The van der Waals surface area contributed by atoms with Crippen LogP contribution in [-0.2, 0) is 4.74 Å². The lowest BCUT2D eigenvalue weighted by molar-refractivity contribution is 0.0594. The number of nitrogens with two attached hydrogens (primary N) is 1. The molecule has 0 amide bonds. The van der Waals surface area contributed by atoms with Gasteiger partial charge in [-0.1, -0.05) is 23.6 Å². The number of benzene rings is 1. The quantitative estimate of drug-likeness (QED) is 0.682. The predicted molar refractivity (Wildman–Crippen MR) is 83.1 cm³/mol. The van der Waals surface area contributed by atoms with Crippen LogP contribution in [-0.4, -0.2) is 18.1 Å². The maximum atomic E-state index is 13.9. The predicted octanol–water partition coefficient (Wildman–Crippen LogP) is 3.20. The topological polar surface area (TPSA) is 65.2 Å². The molecule has 112 valence electrons. The molecule has 6 heteroatoms. The number of pyridine rings is 1. The average molecular weight is 319 g/mol. The van der Waals surface area contributed by atoms with Gasteiger partial charge in [-0.15, -0.1) is 6.42 Å². The van der Waals surface area contributed by atoms with Gasteiger partial charge in [-0.25, -0.2) is 14.2 Å². The second-order valence-corrected chi connectivity index (χ2v) is 4.87. The Labute approximate surface area is 132 Å². The second kappa shape index (κ2) is 6.04. The summed E-state index contributed by atoms with van der Waals surface area (Å²) in [5.74, 6) is 0.948. The van der Waals surface area contributed by atoms with Gasteiger partial charge in [-0.2, -0.15) is 0 Å². The van der Waals surface area contributed by atoms with Crippen molar-refractivity contribution in [3.05, 3.63) is 45.9 Å². The normalized spacial score (nSPS) is 10.1. The fourth-order valence-corrected chi connectivity index (χ4v) is 2.22. The minimum atomic E-state index is -0.723. The van der Waals surface area contributed by atoms with Crippen molar-refractivity contribution >= 4 is 23.3 Å². The number of carbonyl (C=O) groups excluding carboxylic acids is 1. The number of rotatable bonds is 2. The molecule has 0 saturated carbocycles. The van der Waals surface area contributed by atoms with E-state index >= 15 is 0 Å². The Morgan fingerprint density at radius 2 is 2.18 bits per heavy atom. The maximum Gasteiger partial charge on any atom is 0.358 e. The summed E-state index contributed by atoms with van der Waals surface area (Å²) in [5.41, 5.74) is 7.41. The number of methoxy groups -OCH3 is 1. The van der Waals surface area contributed by atoms with E-state index in [0.29, 0.717) is 16.8 Å². The largest absolute Gasteiger partial charge is 0.464 e. The molecule has 2 aromatic rings. The van der Waals surface area contributed by atoms with Crippen molar-refractivity contribution in [1.82, 2.24) is 4.98 Å². The Kier molecular flexibility index (Phi) is 4.34. The fourth-order valence-electron chi connectivity index (χ4n) is 1.96. The summed E-state index contributed by atoms with van der Waals surface area (Å²) in [5, 5.41) is 0.00816. The molecule has 0 radical (unpaired) electrons. The lowest BCUT2D eigenvalue weighted by Crippen LogP contribution is -2.10. The highest BCUT2D eigenvalue weighted by Gasteiger charge is 2.21. The smallest absolute Gasteiger partial charge is 0.358 e. The highest BCUT2D eigenvalue weighted by Crippen LogP contribution is 2.33. The molecular weight excluding hydrogens is 307 g/mol. The number of halogens is 2. The Bertz CT molecular complexity index is 813. The van der Waals surface area contributed by atoms with Crippen LogP contribution >= 0.6 is 11.6 Å². The number of hydrogen-bond donors (Lipinski definition) is 1. The van der Waals surface area contributed by atoms with E-state index < -0.39 is 11.8 Å². The Balaban J connectivity index is 2.70. The third-order valence-electron chi connectivity index (χ3n) is 3.20. The van der Waals surface area contributed by atoms with Crippen LogP contribution < -0.4 is 5.73 Å². The minimum Gasteiger partial charge on any atom is -0.464 e. The summed E-state index contributed by atoms with van der Waals surface area (Å²) in [6, 6.07) is 4.29. The number of ether oxygens (including phenoxy) is 1. The SMILES string of the molecule is C#Cc1ccc(-c2nc(C(=O)OC)c(Cl)c(N)c2C)cc1F. The van der Waals surface area contributed by atoms with E-state index in [9.17, 15) is 9.18 Å². The molecule has 0 unspecified atom stereocenters. The first-order chi connectivity index (χ1) is 10.4. The van der Waals surface area contributed by atoms with Gasteiger partial charge >= 0.3 is 5.97 Å². The van der Waals surface area contributed by atoms with E-state index in [1.165, 1.54) is 19.2 Å². The summed E-state index contributed by atoms with van der Waals surface area (Å²) in [6.45, 7) is 1.68. The van der Waals surface area contributed by atoms with E-state index in [4.69, 9.17) is 23.8 Å². The van der Waals surface area contributed by atoms with Gasteiger partial charge in [-0.3, -0.25) is 0 Å². The van der Waals surface area contributed by atoms with Crippen molar-refractivity contribution < 1.29 is 13.9 Å². The summed E-state index contributed by atoms with van der Waals surface area (Å²) in [7, 11) is 1.21. The van der Waals surface area contributed by atoms with Crippen molar-refractivity contribution in [2.24, 2.45) is 0 Å². The molecule has 4 nitrogen and oxygen atoms in total. The molecular formula is C16H12ClFN2O2. The molecule has 0 atom stereocenters. The average Bonchev–Trinajstić information content (AvgIpc) is 2.52. The molecule has 0 saturated heterocycles. The molecule has 0 fully saturated rings. The summed E-state index contributed by atoms with van der Waals surface area (Å²) in [4.78, 5) is 15.9. The molecule has 0 bridgehead atoms. The van der Waals surface area contributed by atoms with Crippen molar-refractivity contribution in [1.29, 1.82) is 0 Å². The van der Waals surface area contributed by atoms with Gasteiger partial charge < -0.3 is 10.5 Å². The van der Waals surface area contributed by atoms with Crippen LogP contribution in [0.25, 0.3) is 11.3 Å². The number of esters is 1. The molecule has 1 heterocycles. The van der Waals surface area contributed by atoms with Crippen LogP contribution in [0.1, 0.15) is 21.6 Å². The van der Waals surface area contributed by atoms with Gasteiger partial charge in [0.05, 0.1) is 29.1 Å². The summed E-state index contributed by atoms with van der Waals surface area (Å²) < 4.78 is 18.5. The minimum absolute atomic E-state index is 0.00816. The van der Waals surface area contributed by atoms with Gasteiger partial charge in [0.1, 0.15) is 5.82 Å². The van der Waals surface area contributed by atoms with Gasteiger partial charge in [0.2, 0.25) is 0 Å². The molecule has 0 aliphatic carbocycles. The van der Waals surface area contributed by atoms with Gasteiger partial charge in [0.15, 0.2) is 5.69 Å². The zero-order valence-corrected chi connectivity index (χ0v) is 12.7. The van der Waals surface area contributed by atoms with E-state index in [1.54, 1.807) is 13.0 Å². The molecule has 0 aliphatic heterocycles. The maximum absolute atomic E-state index is 13.9. The zero-order valence-electron chi connectivity index (χ0n) is 11.9. The van der Waals surface area contributed by atoms with Crippen molar-refractivity contribution in [2.45, 2.75) is 6.92 Å². The first-order valence-corrected chi connectivity index (χ1v) is 6.59. The molecule has 2 rings (SSSR count). The van der Waals surface area contributed by atoms with E-state index in [1.807, 2.05) is 0 Å². The van der Waals surface area contributed by atoms with E-state index in [-0.39, 0.29) is 22.0 Å². The fraction of sp³-hybridized carbons (Fsp3) is 0.125. The van der Waals surface area contributed by atoms with Crippen LogP contribution in [0, 0.1) is 25.1 Å². The van der Waals surface area contributed by atoms with Gasteiger partial charge in [0, 0.05) is 5.56 Å². The third kappa shape index (κ3) is 2.61. The highest BCUT2D eigenvalue weighted by atomic mass is 35.5. The van der Waals surface area contributed by atoms with Crippen LogP contribution in [0.5, 0.6) is 0 Å².